The molecule has 0 spiro atoms. The third kappa shape index (κ3) is 5.68. The summed E-state index contributed by atoms with van der Waals surface area (Å²) in [6.07, 6.45) is 5.93. The van der Waals surface area contributed by atoms with Crippen LogP contribution in [-0.4, -0.2) is 34.1 Å². The summed E-state index contributed by atoms with van der Waals surface area (Å²) in [5, 5.41) is 10.3. The Morgan fingerprint density at radius 2 is 1.91 bits per heavy atom. The van der Waals surface area contributed by atoms with Crippen molar-refractivity contribution in [1.82, 2.24) is 20.4 Å². The smallest absolute Gasteiger partial charge is 0.237 e. The number of carbonyl (C=O) groups is 2. The van der Waals surface area contributed by atoms with Gasteiger partial charge in [0, 0.05) is 25.2 Å². The predicted octanol–water partition coefficient (Wildman–Crippen LogP) is 4.46. The number of aryl methyl sites for hydroxylation is 2. The number of hydrogen-bond donors (Lipinski definition) is 2. The van der Waals surface area contributed by atoms with Crippen LogP contribution in [0.2, 0.25) is 0 Å². The number of halogens is 1. The fourth-order valence-electron chi connectivity index (χ4n) is 4.69. The van der Waals surface area contributed by atoms with Gasteiger partial charge in [0.2, 0.25) is 5.91 Å². The number of nitrogens with one attached hydrogen (secondary N) is 2. The molecule has 2 atom stereocenters. The average Bonchev–Trinajstić information content (AvgIpc) is 3.53. The Morgan fingerprint density at radius 3 is 2.54 bits per heavy atom. The van der Waals surface area contributed by atoms with E-state index in [4.69, 9.17) is 0 Å². The maximum absolute atomic E-state index is 15.9. The fourth-order valence-corrected chi connectivity index (χ4v) is 4.69. The van der Waals surface area contributed by atoms with Crippen LogP contribution in [0.25, 0.3) is 11.1 Å². The molecule has 4 rings (SSSR count). The molecule has 7 heteroatoms. The molecule has 1 aromatic heterocycles. The molecule has 1 fully saturated rings. The largest absolute Gasteiger partial charge is 0.341 e. The predicted molar refractivity (Wildman–Crippen MR) is 134 cm³/mol. The van der Waals surface area contributed by atoms with Crippen LogP contribution >= 0.6 is 0 Å². The van der Waals surface area contributed by atoms with Crippen molar-refractivity contribution in [3.8, 4) is 11.1 Å². The molecule has 0 bridgehead atoms. The molecule has 1 amide bonds. The minimum absolute atomic E-state index is 0.0245. The van der Waals surface area contributed by atoms with Gasteiger partial charge in [-0.1, -0.05) is 56.3 Å². The Kier molecular flexibility index (Phi) is 7.76. The first-order valence-corrected chi connectivity index (χ1v) is 12.3. The van der Waals surface area contributed by atoms with Crippen LogP contribution in [0.15, 0.2) is 54.9 Å². The lowest BCUT2D eigenvalue weighted by molar-refractivity contribution is -0.129. The second-order valence-electron chi connectivity index (χ2n) is 9.53. The van der Waals surface area contributed by atoms with E-state index in [1.807, 2.05) is 57.4 Å². The van der Waals surface area contributed by atoms with Gasteiger partial charge >= 0.3 is 0 Å². The zero-order valence-corrected chi connectivity index (χ0v) is 20.6. The van der Waals surface area contributed by atoms with Crippen molar-refractivity contribution in [2.45, 2.75) is 57.5 Å². The van der Waals surface area contributed by atoms with Gasteiger partial charge in [-0.25, -0.2) is 4.39 Å². The van der Waals surface area contributed by atoms with Crippen LogP contribution in [0.5, 0.6) is 0 Å². The van der Waals surface area contributed by atoms with E-state index in [-0.39, 0.29) is 35.9 Å². The van der Waals surface area contributed by atoms with E-state index in [9.17, 15) is 9.59 Å². The summed E-state index contributed by atoms with van der Waals surface area (Å²) in [6, 6.07) is 11.5. The molecule has 35 heavy (non-hydrogen) atoms. The number of aromatic nitrogens is 2. The molecule has 1 aliphatic rings. The van der Waals surface area contributed by atoms with E-state index in [0.717, 1.165) is 18.5 Å². The summed E-state index contributed by atoms with van der Waals surface area (Å²) in [4.78, 5) is 26.7. The van der Waals surface area contributed by atoms with E-state index in [2.05, 4.69) is 15.7 Å². The minimum Gasteiger partial charge on any atom is -0.341 e. The monoisotopic (exact) mass is 476 g/mol. The summed E-state index contributed by atoms with van der Waals surface area (Å²) in [5.74, 6) is -0.755. The molecule has 1 saturated heterocycles. The Balaban J connectivity index is 1.74. The number of Topliss-reactive ketones (excluding diaryl/α,β-unsaturated/α-hetero) is 1. The van der Waals surface area contributed by atoms with E-state index < -0.39 is 6.04 Å². The van der Waals surface area contributed by atoms with Crippen molar-refractivity contribution >= 4 is 11.7 Å². The Bertz CT molecular complexity index is 1180. The maximum Gasteiger partial charge on any atom is 0.237 e. The van der Waals surface area contributed by atoms with Gasteiger partial charge in [-0.2, -0.15) is 5.10 Å². The second-order valence-corrected chi connectivity index (χ2v) is 9.53. The topological polar surface area (TPSA) is 76.0 Å². The number of benzene rings is 2. The van der Waals surface area contributed by atoms with Crippen molar-refractivity contribution < 1.29 is 14.0 Å². The van der Waals surface area contributed by atoms with Gasteiger partial charge in [0.05, 0.1) is 12.2 Å². The Hall–Kier alpha value is -3.32. The second kappa shape index (κ2) is 11.0. The van der Waals surface area contributed by atoms with E-state index in [1.54, 1.807) is 23.0 Å². The molecule has 2 aromatic carbocycles. The number of hydrogen-bond acceptors (Lipinski definition) is 4. The third-order valence-electron chi connectivity index (χ3n) is 6.60. The quantitative estimate of drug-likeness (QED) is 0.478. The van der Waals surface area contributed by atoms with Gasteiger partial charge in [-0.05, 0) is 54.0 Å². The number of carbonyl (C=O) groups excluding carboxylic acids is 2. The standard InChI is InChI=1S/C28H33FN4O2/c1-18(2)21-12-13-22(25(26(21)29)20-8-5-4-6-9-20)27(32-28(35)23-10-7-15-30-23)24(34)14-11-19-16-31-33(3)17-19/h4-6,8-9,12-13,16-18,23,27,30H,7,10-11,14-15H2,1-3H3,(H,32,35). The van der Waals surface area contributed by atoms with E-state index in [0.29, 0.717) is 35.1 Å². The first-order chi connectivity index (χ1) is 16.8. The highest BCUT2D eigenvalue weighted by molar-refractivity contribution is 5.93. The average molecular weight is 477 g/mol. The highest BCUT2D eigenvalue weighted by Gasteiger charge is 2.31. The Morgan fingerprint density at radius 1 is 1.17 bits per heavy atom. The van der Waals surface area contributed by atoms with Gasteiger partial charge in [0.25, 0.3) is 0 Å². The number of nitrogens with zero attached hydrogens (tertiary/aromatic N) is 2. The molecule has 2 heterocycles. The van der Waals surface area contributed by atoms with Gasteiger partial charge in [0.1, 0.15) is 11.9 Å². The van der Waals surface area contributed by atoms with Crippen molar-refractivity contribution in [1.29, 1.82) is 0 Å². The SMILES string of the molecule is CC(C)c1ccc(C(NC(=O)C2CCCN2)C(=O)CCc2cnn(C)c2)c(-c2ccccc2)c1F. The highest BCUT2D eigenvalue weighted by atomic mass is 19.1. The van der Waals surface area contributed by atoms with Gasteiger partial charge in [-0.3, -0.25) is 14.3 Å². The van der Waals surface area contributed by atoms with Crippen molar-refractivity contribution in [3.05, 3.63) is 77.4 Å². The Labute approximate surface area is 205 Å². The van der Waals surface area contributed by atoms with Crippen molar-refractivity contribution in [2.75, 3.05) is 6.54 Å². The number of rotatable bonds is 9. The molecule has 184 valence electrons. The molecule has 3 aromatic rings. The van der Waals surface area contributed by atoms with E-state index >= 15 is 4.39 Å². The normalized spacial score (nSPS) is 16.4. The molecule has 0 aliphatic carbocycles. The molecule has 6 nitrogen and oxygen atoms in total. The van der Waals surface area contributed by atoms with Gasteiger partial charge < -0.3 is 10.6 Å². The van der Waals surface area contributed by atoms with Crippen LogP contribution in [0, 0.1) is 5.82 Å². The summed E-state index contributed by atoms with van der Waals surface area (Å²) in [7, 11) is 1.83. The highest BCUT2D eigenvalue weighted by Crippen LogP contribution is 2.36. The summed E-state index contributed by atoms with van der Waals surface area (Å²) < 4.78 is 17.6. The maximum atomic E-state index is 15.9. The van der Waals surface area contributed by atoms with Gasteiger partial charge in [-0.15, -0.1) is 0 Å². The lowest BCUT2D eigenvalue weighted by Crippen LogP contribution is -2.44. The van der Waals surface area contributed by atoms with Crippen molar-refractivity contribution in [3.63, 3.8) is 0 Å². The van der Waals surface area contributed by atoms with Crippen LogP contribution < -0.4 is 10.6 Å². The zero-order valence-electron chi connectivity index (χ0n) is 20.6. The molecular weight excluding hydrogens is 443 g/mol. The van der Waals surface area contributed by atoms with Crippen LogP contribution in [0.4, 0.5) is 4.39 Å². The van der Waals surface area contributed by atoms with Crippen LogP contribution in [0.1, 0.15) is 61.8 Å². The van der Waals surface area contributed by atoms with E-state index in [1.165, 1.54) is 0 Å². The molecule has 0 radical (unpaired) electrons. The summed E-state index contributed by atoms with van der Waals surface area (Å²) in [5.41, 5.74) is 3.06. The summed E-state index contributed by atoms with van der Waals surface area (Å²) >= 11 is 0. The number of ketones is 1. The number of amides is 1. The molecular formula is C28H33FN4O2. The zero-order chi connectivity index (χ0) is 24.9. The first kappa shape index (κ1) is 24.8. The molecule has 0 saturated carbocycles. The first-order valence-electron chi connectivity index (χ1n) is 12.3. The van der Waals surface area contributed by atoms with Crippen LogP contribution in [-0.2, 0) is 23.1 Å². The van der Waals surface area contributed by atoms with Gasteiger partial charge in [0.15, 0.2) is 5.78 Å². The summed E-state index contributed by atoms with van der Waals surface area (Å²) in [6.45, 7) is 4.65. The van der Waals surface area contributed by atoms with Crippen molar-refractivity contribution in [2.24, 2.45) is 7.05 Å². The van der Waals surface area contributed by atoms with Crippen LogP contribution in [0.3, 0.4) is 0 Å². The molecule has 2 unspecified atom stereocenters. The molecule has 2 N–H and O–H groups in total. The third-order valence-corrected chi connectivity index (χ3v) is 6.60. The lowest BCUT2D eigenvalue weighted by atomic mass is 9.87. The molecule has 1 aliphatic heterocycles. The minimum atomic E-state index is -0.951. The lowest BCUT2D eigenvalue weighted by Gasteiger charge is -2.25. The fraction of sp³-hybridized carbons (Fsp3) is 0.393.